The molecule has 0 aliphatic rings. The highest BCUT2D eigenvalue weighted by molar-refractivity contribution is 7.17. The summed E-state index contributed by atoms with van der Waals surface area (Å²) < 4.78 is 5.41. The molecule has 0 saturated heterocycles. The number of hydrogen-bond acceptors (Lipinski definition) is 6. The van der Waals surface area contributed by atoms with Crippen LogP contribution in [-0.4, -0.2) is 66.0 Å². The first-order valence-electron chi connectivity index (χ1n) is 9.25. The number of hydrogen-bond donors (Lipinski definition) is 0. The quantitative estimate of drug-likeness (QED) is 0.663. The molecule has 7 heteroatoms. The molecule has 0 aliphatic carbocycles. The van der Waals surface area contributed by atoms with Crippen LogP contribution in [-0.2, 0) is 9.53 Å². The molecule has 0 N–H and O–H groups in total. The number of nitrogens with zero attached hydrogens (tertiary/aromatic N) is 3. The van der Waals surface area contributed by atoms with Gasteiger partial charge in [-0.3, -0.25) is 9.59 Å². The number of aryl methyl sites for hydroxylation is 1. The van der Waals surface area contributed by atoms with Crippen LogP contribution in [0.2, 0.25) is 0 Å². The van der Waals surface area contributed by atoms with Crippen LogP contribution in [0.25, 0.3) is 10.6 Å². The van der Waals surface area contributed by atoms with Gasteiger partial charge in [-0.05, 0) is 41.8 Å². The monoisotopic (exact) mass is 403 g/mol. The molecular formula is C21H29N3O3S. The second-order valence-electron chi connectivity index (χ2n) is 7.92. The smallest absolute Gasteiger partial charge is 0.326 e. The number of benzene rings is 1. The molecule has 1 aromatic heterocycles. The Hall–Kier alpha value is -2.25. The molecule has 28 heavy (non-hydrogen) atoms. The van der Waals surface area contributed by atoms with Crippen molar-refractivity contribution in [2.24, 2.45) is 0 Å². The SMILES string of the molecule is Cc1nc(-c2ccccc2)sc1C(=O)N(CCN(C)C)CC(=O)OC(C)(C)C. The minimum absolute atomic E-state index is 0.0814. The number of esters is 1. The largest absolute Gasteiger partial charge is 0.459 e. The average molecular weight is 404 g/mol. The number of aromatic nitrogens is 1. The standard InChI is InChI=1S/C21H29N3O3S/c1-15-18(28-19(22-15)16-10-8-7-9-11-16)20(26)24(13-12-23(5)6)14-17(25)27-21(2,3)4/h7-11H,12-14H2,1-6H3. The van der Waals surface area contributed by atoms with Crippen molar-refractivity contribution >= 4 is 23.2 Å². The molecule has 2 aromatic rings. The Kier molecular flexibility index (Phi) is 7.32. The molecule has 0 radical (unpaired) electrons. The van der Waals surface area contributed by atoms with E-state index < -0.39 is 11.6 Å². The summed E-state index contributed by atoms with van der Waals surface area (Å²) in [5.41, 5.74) is 1.06. The van der Waals surface area contributed by atoms with E-state index in [4.69, 9.17) is 4.74 Å². The van der Waals surface area contributed by atoms with Gasteiger partial charge in [0.15, 0.2) is 0 Å². The maximum atomic E-state index is 13.2. The lowest BCUT2D eigenvalue weighted by atomic mass is 10.2. The lowest BCUT2D eigenvalue weighted by molar-refractivity contribution is -0.155. The number of likely N-dealkylation sites (N-methyl/N-ethyl adjacent to an activating group) is 1. The van der Waals surface area contributed by atoms with Gasteiger partial charge in [-0.2, -0.15) is 0 Å². The minimum atomic E-state index is -0.589. The van der Waals surface area contributed by atoms with E-state index in [0.717, 1.165) is 10.6 Å². The van der Waals surface area contributed by atoms with Gasteiger partial charge in [-0.15, -0.1) is 11.3 Å². The summed E-state index contributed by atoms with van der Waals surface area (Å²) >= 11 is 1.36. The highest BCUT2D eigenvalue weighted by Gasteiger charge is 2.26. The van der Waals surface area contributed by atoms with Gasteiger partial charge in [-0.25, -0.2) is 4.98 Å². The van der Waals surface area contributed by atoms with E-state index in [-0.39, 0.29) is 12.5 Å². The van der Waals surface area contributed by atoms with Crippen molar-refractivity contribution in [1.82, 2.24) is 14.8 Å². The lowest BCUT2D eigenvalue weighted by Crippen LogP contribution is -2.42. The van der Waals surface area contributed by atoms with E-state index in [1.165, 1.54) is 11.3 Å². The molecule has 0 saturated carbocycles. The van der Waals surface area contributed by atoms with Crippen LogP contribution in [0, 0.1) is 6.92 Å². The van der Waals surface area contributed by atoms with Crippen LogP contribution < -0.4 is 0 Å². The normalized spacial score (nSPS) is 11.5. The third-order valence-corrected chi connectivity index (χ3v) is 5.05. The van der Waals surface area contributed by atoms with Crippen LogP contribution in [0.4, 0.5) is 0 Å². The first kappa shape index (κ1) is 22.0. The second kappa shape index (κ2) is 9.30. The van der Waals surface area contributed by atoms with E-state index in [9.17, 15) is 9.59 Å². The zero-order chi connectivity index (χ0) is 20.9. The van der Waals surface area contributed by atoms with Gasteiger partial charge in [0.25, 0.3) is 5.91 Å². The van der Waals surface area contributed by atoms with Crippen molar-refractivity contribution in [1.29, 1.82) is 0 Å². The fourth-order valence-electron chi connectivity index (χ4n) is 2.55. The van der Waals surface area contributed by atoms with E-state index in [2.05, 4.69) is 4.98 Å². The Morgan fingerprint density at radius 1 is 1.11 bits per heavy atom. The third-order valence-electron chi connectivity index (χ3n) is 3.86. The van der Waals surface area contributed by atoms with Gasteiger partial charge in [0.05, 0.1) is 5.69 Å². The Bertz CT molecular complexity index is 810. The number of carbonyl (C=O) groups is 2. The van der Waals surface area contributed by atoms with Gasteiger partial charge in [0.2, 0.25) is 0 Å². The van der Waals surface area contributed by atoms with Gasteiger partial charge in [0.1, 0.15) is 22.0 Å². The van der Waals surface area contributed by atoms with Crippen LogP contribution in [0.15, 0.2) is 30.3 Å². The van der Waals surface area contributed by atoms with Gasteiger partial charge in [-0.1, -0.05) is 30.3 Å². The molecule has 2 rings (SSSR count). The zero-order valence-electron chi connectivity index (χ0n) is 17.5. The summed E-state index contributed by atoms with van der Waals surface area (Å²) in [6.07, 6.45) is 0. The second-order valence-corrected chi connectivity index (χ2v) is 8.92. The average Bonchev–Trinajstić information content (AvgIpc) is 2.99. The maximum absolute atomic E-state index is 13.2. The molecule has 6 nitrogen and oxygen atoms in total. The van der Waals surface area contributed by atoms with Gasteiger partial charge >= 0.3 is 5.97 Å². The highest BCUT2D eigenvalue weighted by atomic mass is 32.1. The fraction of sp³-hybridized carbons (Fsp3) is 0.476. The first-order valence-corrected chi connectivity index (χ1v) is 10.1. The van der Waals surface area contributed by atoms with Crippen LogP contribution in [0.1, 0.15) is 36.1 Å². The number of thiazole rings is 1. The predicted molar refractivity (Wildman–Crippen MR) is 113 cm³/mol. The van der Waals surface area contributed by atoms with Crippen molar-refractivity contribution in [3.05, 3.63) is 40.9 Å². The Balaban J connectivity index is 2.23. The molecule has 152 valence electrons. The van der Waals surface area contributed by atoms with Crippen LogP contribution in [0.3, 0.4) is 0 Å². The molecule has 0 spiro atoms. The van der Waals surface area contributed by atoms with Crippen LogP contribution >= 0.6 is 11.3 Å². The molecule has 0 fully saturated rings. The molecule has 1 aromatic carbocycles. The summed E-state index contributed by atoms with van der Waals surface area (Å²) in [5.74, 6) is -0.602. The summed E-state index contributed by atoms with van der Waals surface area (Å²) in [6, 6.07) is 9.77. The molecule has 0 unspecified atom stereocenters. The van der Waals surface area contributed by atoms with Crippen molar-refractivity contribution < 1.29 is 14.3 Å². The lowest BCUT2D eigenvalue weighted by Gasteiger charge is -2.26. The molecular weight excluding hydrogens is 374 g/mol. The summed E-state index contributed by atoms with van der Waals surface area (Å²) in [6.45, 7) is 8.28. The van der Waals surface area contributed by atoms with E-state index in [0.29, 0.717) is 23.7 Å². The van der Waals surface area contributed by atoms with Crippen molar-refractivity contribution in [2.45, 2.75) is 33.3 Å². The summed E-state index contributed by atoms with van der Waals surface area (Å²) in [5, 5.41) is 0.797. The molecule has 0 bridgehead atoms. The Morgan fingerprint density at radius 3 is 2.32 bits per heavy atom. The van der Waals surface area contributed by atoms with Gasteiger partial charge < -0.3 is 14.5 Å². The third kappa shape index (κ3) is 6.42. The molecule has 0 aliphatic heterocycles. The van der Waals surface area contributed by atoms with Crippen molar-refractivity contribution in [2.75, 3.05) is 33.7 Å². The Labute approximate surface area is 171 Å². The molecule has 1 heterocycles. The number of ether oxygens (including phenoxy) is 1. The van der Waals surface area contributed by atoms with E-state index in [1.54, 1.807) is 4.90 Å². The van der Waals surface area contributed by atoms with E-state index in [1.807, 2.05) is 77.0 Å². The zero-order valence-corrected chi connectivity index (χ0v) is 18.3. The first-order chi connectivity index (χ1) is 13.1. The summed E-state index contributed by atoms with van der Waals surface area (Å²) in [7, 11) is 3.86. The van der Waals surface area contributed by atoms with Crippen molar-refractivity contribution in [3.8, 4) is 10.6 Å². The molecule has 1 amide bonds. The highest BCUT2D eigenvalue weighted by Crippen LogP contribution is 2.28. The van der Waals surface area contributed by atoms with Crippen LogP contribution in [0.5, 0.6) is 0 Å². The minimum Gasteiger partial charge on any atom is -0.459 e. The summed E-state index contributed by atoms with van der Waals surface area (Å²) in [4.78, 5) is 34.2. The number of carbonyl (C=O) groups excluding carboxylic acids is 2. The fourth-order valence-corrected chi connectivity index (χ4v) is 3.59. The molecule has 0 atom stereocenters. The number of amides is 1. The topological polar surface area (TPSA) is 62.7 Å². The predicted octanol–water partition coefficient (Wildman–Crippen LogP) is 3.46. The van der Waals surface area contributed by atoms with Crippen molar-refractivity contribution in [3.63, 3.8) is 0 Å². The number of rotatable bonds is 7. The van der Waals surface area contributed by atoms with E-state index >= 15 is 0 Å². The maximum Gasteiger partial charge on any atom is 0.326 e. The van der Waals surface area contributed by atoms with Gasteiger partial charge in [0, 0.05) is 18.7 Å². The Morgan fingerprint density at radius 2 is 1.75 bits per heavy atom.